The van der Waals surface area contributed by atoms with E-state index in [-0.39, 0.29) is 20.1 Å². The Morgan fingerprint density at radius 1 is 1.63 bits per heavy atom. The molecule has 0 bridgehead atoms. The smallest absolute Gasteiger partial charge is 0.345 e. The molecule has 0 aromatic carbocycles. The quantitative estimate of drug-likeness (QED) is 0.530. The number of nitrogens with one attached hydrogen (secondary N) is 1. The fourth-order valence-electron chi connectivity index (χ4n) is 1.13. The fourth-order valence-corrected chi connectivity index (χ4v) is 5.28. The first-order valence-corrected chi connectivity index (χ1v) is 9.34. The van der Waals surface area contributed by atoms with Crippen LogP contribution < -0.4 is 4.72 Å². The van der Waals surface area contributed by atoms with Crippen molar-refractivity contribution in [3.05, 3.63) is 27.4 Å². The van der Waals surface area contributed by atoms with E-state index in [0.29, 0.717) is 5.75 Å². The maximum atomic E-state index is 12.0. The third-order valence-corrected chi connectivity index (χ3v) is 6.60. The first-order chi connectivity index (χ1) is 8.88. The molecule has 5 nitrogen and oxygen atoms in total. The van der Waals surface area contributed by atoms with Gasteiger partial charge < -0.3 is 5.11 Å². The zero-order chi connectivity index (χ0) is 14.5. The molecule has 1 heterocycles. The summed E-state index contributed by atoms with van der Waals surface area (Å²) in [4.78, 5) is 10.7. The number of sulfonamides is 1. The molecular formula is C10H12BrNO4S3. The highest BCUT2D eigenvalue weighted by Gasteiger charge is 2.22. The molecule has 9 heteroatoms. The minimum atomic E-state index is -3.68. The van der Waals surface area contributed by atoms with E-state index in [2.05, 4.69) is 27.2 Å². The second-order valence-corrected chi connectivity index (χ2v) is 8.57. The SMILES string of the molecule is C=CCSCCNS(=O)(=O)c1cc(C(=O)O)sc1Br. The maximum Gasteiger partial charge on any atom is 0.345 e. The van der Waals surface area contributed by atoms with Gasteiger partial charge in [-0.2, -0.15) is 11.8 Å². The Labute approximate surface area is 128 Å². The largest absolute Gasteiger partial charge is 0.477 e. The van der Waals surface area contributed by atoms with Crippen molar-refractivity contribution < 1.29 is 18.3 Å². The summed E-state index contributed by atoms with van der Waals surface area (Å²) in [6.07, 6.45) is 1.74. The number of rotatable bonds is 8. The van der Waals surface area contributed by atoms with Crippen LogP contribution in [0.2, 0.25) is 0 Å². The Balaban J connectivity index is 2.72. The van der Waals surface area contributed by atoms with Crippen LogP contribution in [0.4, 0.5) is 0 Å². The third-order valence-electron chi connectivity index (χ3n) is 1.93. The Bertz CT molecular complexity index is 567. The maximum absolute atomic E-state index is 12.0. The van der Waals surface area contributed by atoms with E-state index >= 15 is 0 Å². The predicted octanol–water partition coefficient (Wildman–Crippen LogP) is 2.41. The van der Waals surface area contributed by atoms with Crippen LogP contribution in [0.1, 0.15) is 9.67 Å². The molecule has 0 radical (unpaired) electrons. The van der Waals surface area contributed by atoms with Gasteiger partial charge in [0.1, 0.15) is 9.77 Å². The normalized spacial score (nSPS) is 11.4. The molecule has 0 aliphatic heterocycles. The topological polar surface area (TPSA) is 83.5 Å². The number of carboxylic acid groups (broad SMARTS) is 1. The molecule has 1 aromatic heterocycles. The van der Waals surface area contributed by atoms with Crippen LogP contribution in [0, 0.1) is 0 Å². The van der Waals surface area contributed by atoms with Gasteiger partial charge in [0, 0.05) is 18.1 Å². The number of hydrogen-bond donors (Lipinski definition) is 2. The molecule has 19 heavy (non-hydrogen) atoms. The average molecular weight is 386 g/mol. The molecule has 0 saturated heterocycles. The molecule has 0 spiro atoms. The summed E-state index contributed by atoms with van der Waals surface area (Å²) in [7, 11) is -3.68. The monoisotopic (exact) mass is 385 g/mol. The van der Waals surface area contributed by atoms with E-state index in [9.17, 15) is 13.2 Å². The molecule has 0 unspecified atom stereocenters. The molecular weight excluding hydrogens is 374 g/mol. The van der Waals surface area contributed by atoms with Crippen molar-refractivity contribution in [2.45, 2.75) is 4.90 Å². The molecule has 0 aliphatic carbocycles. The molecule has 0 aliphatic rings. The number of aromatic carboxylic acids is 1. The summed E-state index contributed by atoms with van der Waals surface area (Å²) in [6.45, 7) is 3.85. The van der Waals surface area contributed by atoms with Crippen LogP contribution in [0.3, 0.4) is 0 Å². The van der Waals surface area contributed by atoms with Crippen molar-refractivity contribution in [1.82, 2.24) is 4.72 Å². The molecule has 1 aromatic rings. The lowest BCUT2D eigenvalue weighted by Crippen LogP contribution is -2.26. The van der Waals surface area contributed by atoms with Crippen molar-refractivity contribution in [3.8, 4) is 0 Å². The van der Waals surface area contributed by atoms with Crippen LogP contribution in [-0.4, -0.2) is 37.5 Å². The van der Waals surface area contributed by atoms with Gasteiger partial charge >= 0.3 is 5.97 Å². The summed E-state index contributed by atoms with van der Waals surface area (Å²) in [5, 5.41) is 8.82. The molecule has 1 rings (SSSR count). The van der Waals surface area contributed by atoms with Crippen LogP contribution in [-0.2, 0) is 10.0 Å². The number of carbonyl (C=O) groups is 1. The highest BCUT2D eigenvalue weighted by molar-refractivity contribution is 9.11. The second kappa shape index (κ2) is 7.44. The van der Waals surface area contributed by atoms with Crippen molar-refractivity contribution in [1.29, 1.82) is 0 Å². The van der Waals surface area contributed by atoms with Crippen LogP contribution >= 0.6 is 39.0 Å². The fraction of sp³-hybridized carbons (Fsp3) is 0.300. The number of thiophene rings is 1. The molecule has 2 N–H and O–H groups in total. The molecule has 0 atom stereocenters. The van der Waals surface area contributed by atoms with E-state index in [0.717, 1.165) is 23.2 Å². The zero-order valence-corrected chi connectivity index (χ0v) is 13.8. The molecule has 0 fully saturated rings. The van der Waals surface area contributed by atoms with E-state index in [1.807, 2.05) is 0 Å². The first-order valence-electron chi connectivity index (χ1n) is 5.09. The number of carboxylic acids is 1. The van der Waals surface area contributed by atoms with Gasteiger partial charge in [0.25, 0.3) is 0 Å². The van der Waals surface area contributed by atoms with Crippen molar-refractivity contribution in [2.75, 3.05) is 18.1 Å². The molecule has 0 amide bonds. The van der Waals surface area contributed by atoms with Gasteiger partial charge in [-0.25, -0.2) is 17.9 Å². The van der Waals surface area contributed by atoms with E-state index in [1.165, 1.54) is 0 Å². The van der Waals surface area contributed by atoms with E-state index in [4.69, 9.17) is 5.11 Å². The van der Waals surface area contributed by atoms with E-state index in [1.54, 1.807) is 17.8 Å². The first kappa shape index (κ1) is 16.7. The standard InChI is InChI=1S/C10H12BrNO4S3/c1-2-4-17-5-3-12-19(15,16)8-6-7(10(13)14)18-9(8)11/h2,6,12H,1,3-5H2,(H,13,14). The van der Waals surface area contributed by atoms with Gasteiger partial charge in [0.05, 0.1) is 3.79 Å². The van der Waals surface area contributed by atoms with Gasteiger partial charge in [0.15, 0.2) is 0 Å². The molecule has 0 saturated carbocycles. The van der Waals surface area contributed by atoms with E-state index < -0.39 is 16.0 Å². The van der Waals surface area contributed by atoms with Crippen molar-refractivity contribution >= 4 is 55.0 Å². The van der Waals surface area contributed by atoms with Gasteiger partial charge in [-0.1, -0.05) is 6.08 Å². The predicted molar refractivity (Wildman–Crippen MR) is 81.7 cm³/mol. The number of halogens is 1. The Morgan fingerprint density at radius 3 is 2.84 bits per heavy atom. The summed E-state index contributed by atoms with van der Waals surface area (Å²) in [5.41, 5.74) is 0. The number of thioether (sulfide) groups is 1. The average Bonchev–Trinajstić information content (AvgIpc) is 2.72. The van der Waals surface area contributed by atoms with Gasteiger partial charge in [-0.3, -0.25) is 0 Å². The summed E-state index contributed by atoms with van der Waals surface area (Å²) >= 11 is 5.50. The van der Waals surface area contributed by atoms with Gasteiger partial charge in [-0.15, -0.1) is 17.9 Å². The zero-order valence-electron chi connectivity index (χ0n) is 9.76. The lowest BCUT2D eigenvalue weighted by molar-refractivity contribution is 0.0702. The highest BCUT2D eigenvalue weighted by Crippen LogP contribution is 2.31. The lowest BCUT2D eigenvalue weighted by Gasteiger charge is -2.04. The Morgan fingerprint density at radius 2 is 2.32 bits per heavy atom. The third kappa shape index (κ3) is 4.92. The van der Waals surface area contributed by atoms with Crippen molar-refractivity contribution in [2.24, 2.45) is 0 Å². The molecule has 106 valence electrons. The van der Waals surface area contributed by atoms with Crippen LogP contribution in [0.5, 0.6) is 0 Å². The second-order valence-electron chi connectivity index (χ2n) is 3.32. The summed E-state index contributed by atoms with van der Waals surface area (Å²) in [5.74, 6) is 0.236. The highest BCUT2D eigenvalue weighted by atomic mass is 79.9. The minimum Gasteiger partial charge on any atom is -0.477 e. The van der Waals surface area contributed by atoms with Crippen LogP contribution in [0.25, 0.3) is 0 Å². The summed E-state index contributed by atoms with van der Waals surface area (Å²) < 4.78 is 26.6. The Kier molecular flexibility index (Phi) is 6.54. The Hall–Kier alpha value is -0.350. The minimum absolute atomic E-state index is 0.0201. The van der Waals surface area contributed by atoms with Crippen molar-refractivity contribution in [3.63, 3.8) is 0 Å². The number of hydrogen-bond acceptors (Lipinski definition) is 5. The van der Waals surface area contributed by atoms with Gasteiger partial charge in [0.2, 0.25) is 10.0 Å². The van der Waals surface area contributed by atoms with Crippen LogP contribution in [0.15, 0.2) is 27.4 Å². The van der Waals surface area contributed by atoms with Gasteiger partial charge in [-0.05, 0) is 22.0 Å². The lowest BCUT2D eigenvalue weighted by atomic mass is 10.5. The summed E-state index contributed by atoms with van der Waals surface area (Å²) in [6, 6.07) is 1.15.